The van der Waals surface area contributed by atoms with Crippen LogP contribution in [0.4, 0.5) is 0 Å². The lowest BCUT2D eigenvalue weighted by molar-refractivity contribution is 0.443. The average molecular weight is 357 g/mol. The van der Waals surface area contributed by atoms with Crippen molar-refractivity contribution in [3.63, 3.8) is 0 Å². The predicted molar refractivity (Wildman–Crippen MR) is 107 cm³/mol. The van der Waals surface area contributed by atoms with Crippen molar-refractivity contribution in [2.24, 2.45) is 10.9 Å². The lowest BCUT2D eigenvalue weighted by atomic mass is 9.99. The predicted octanol–water partition coefficient (Wildman–Crippen LogP) is 3.54. The van der Waals surface area contributed by atoms with Crippen LogP contribution in [-0.2, 0) is 6.54 Å². The maximum Gasteiger partial charge on any atom is 0.191 e. The summed E-state index contributed by atoms with van der Waals surface area (Å²) in [4.78, 5) is 13.2. The van der Waals surface area contributed by atoms with Crippen LogP contribution < -0.4 is 10.6 Å². The summed E-state index contributed by atoms with van der Waals surface area (Å²) in [5, 5.41) is 6.84. The Balaban J connectivity index is 1.96. The number of nitrogens with one attached hydrogen (secondary N) is 2. The Hall–Kier alpha value is -2.37. The first-order chi connectivity index (χ1) is 12.8. The molecule has 142 valence electrons. The maximum atomic E-state index is 4.73. The summed E-state index contributed by atoms with van der Waals surface area (Å²) in [6.45, 7) is 9.05. The summed E-state index contributed by atoms with van der Waals surface area (Å²) in [5.74, 6) is 2.44. The SMILES string of the molecule is CCCCC(CC)CNC(=NCc1ccnc(-n2ccnc2)c1)NCC. The zero-order valence-corrected chi connectivity index (χ0v) is 16.3. The summed E-state index contributed by atoms with van der Waals surface area (Å²) in [7, 11) is 0. The second-order valence-electron chi connectivity index (χ2n) is 6.48. The van der Waals surface area contributed by atoms with E-state index in [0.29, 0.717) is 12.5 Å². The summed E-state index contributed by atoms with van der Waals surface area (Å²) in [6, 6.07) is 4.05. The van der Waals surface area contributed by atoms with Gasteiger partial charge in [0.2, 0.25) is 0 Å². The van der Waals surface area contributed by atoms with Crippen LogP contribution in [0.25, 0.3) is 5.82 Å². The third-order valence-electron chi connectivity index (χ3n) is 4.44. The Morgan fingerprint density at radius 3 is 2.81 bits per heavy atom. The molecule has 6 heteroatoms. The fraction of sp³-hybridized carbons (Fsp3) is 0.550. The highest BCUT2D eigenvalue weighted by molar-refractivity contribution is 5.79. The lowest BCUT2D eigenvalue weighted by Crippen LogP contribution is -2.39. The highest BCUT2D eigenvalue weighted by Crippen LogP contribution is 2.11. The second-order valence-corrected chi connectivity index (χ2v) is 6.48. The van der Waals surface area contributed by atoms with E-state index < -0.39 is 0 Å². The quantitative estimate of drug-likeness (QED) is 0.505. The van der Waals surface area contributed by atoms with Crippen LogP contribution in [0, 0.1) is 5.92 Å². The number of rotatable bonds is 10. The third kappa shape index (κ3) is 6.50. The van der Waals surface area contributed by atoms with Crippen LogP contribution in [0.2, 0.25) is 0 Å². The molecule has 2 aromatic heterocycles. The fourth-order valence-electron chi connectivity index (χ4n) is 2.79. The van der Waals surface area contributed by atoms with Gasteiger partial charge in [0.05, 0.1) is 6.54 Å². The molecular formula is C20H32N6. The average Bonchev–Trinajstić information content (AvgIpc) is 3.21. The number of aromatic nitrogens is 3. The van der Waals surface area contributed by atoms with E-state index in [0.717, 1.165) is 30.4 Å². The Morgan fingerprint density at radius 1 is 1.23 bits per heavy atom. The number of hydrogen-bond acceptors (Lipinski definition) is 3. The number of pyridine rings is 1. The lowest BCUT2D eigenvalue weighted by Gasteiger charge is -2.18. The Kier molecular flexibility index (Phi) is 8.66. The zero-order chi connectivity index (χ0) is 18.6. The van der Waals surface area contributed by atoms with E-state index in [1.807, 2.05) is 29.1 Å². The van der Waals surface area contributed by atoms with Gasteiger partial charge in [0, 0.05) is 31.7 Å². The molecule has 0 radical (unpaired) electrons. The van der Waals surface area contributed by atoms with Gasteiger partial charge < -0.3 is 10.6 Å². The van der Waals surface area contributed by atoms with Crippen LogP contribution in [0.3, 0.4) is 0 Å². The number of imidazole rings is 1. The Morgan fingerprint density at radius 2 is 2.12 bits per heavy atom. The molecule has 2 N–H and O–H groups in total. The molecule has 0 fully saturated rings. The molecule has 0 aliphatic rings. The first kappa shape index (κ1) is 19.9. The summed E-state index contributed by atoms with van der Waals surface area (Å²) in [5.41, 5.74) is 1.12. The van der Waals surface area contributed by atoms with Gasteiger partial charge in [0.25, 0.3) is 0 Å². The Labute approximate surface area is 157 Å². The highest BCUT2D eigenvalue weighted by Gasteiger charge is 2.07. The minimum absolute atomic E-state index is 0.616. The number of nitrogens with zero attached hydrogens (tertiary/aromatic N) is 4. The minimum atomic E-state index is 0.616. The Bertz CT molecular complexity index is 650. The van der Waals surface area contributed by atoms with Crippen LogP contribution in [0.1, 0.15) is 52.0 Å². The molecular weight excluding hydrogens is 324 g/mol. The maximum absolute atomic E-state index is 4.73. The molecule has 0 spiro atoms. The fourth-order valence-corrected chi connectivity index (χ4v) is 2.79. The molecule has 0 aliphatic heterocycles. The first-order valence-corrected chi connectivity index (χ1v) is 9.72. The highest BCUT2D eigenvalue weighted by atomic mass is 15.2. The molecule has 6 nitrogen and oxygen atoms in total. The number of guanidine groups is 1. The molecule has 0 aliphatic carbocycles. The molecule has 0 saturated heterocycles. The number of unbranched alkanes of at least 4 members (excludes halogenated alkanes) is 1. The van der Waals surface area contributed by atoms with Gasteiger partial charge in [0.15, 0.2) is 5.96 Å². The molecule has 1 unspecified atom stereocenters. The van der Waals surface area contributed by atoms with Crippen molar-refractivity contribution in [2.75, 3.05) is 13.1 Å². The van der Waals surface area contributed by atoms with Crippen molar-refractivity contribution in [3.05, 3.63) is 42.6 Å². The largest absolute Gasteiger partial charge is 0.357 e. The van der Waals surface area contributed by atoms with Crippen molar-refractivity contribution < 1.29 is 0 Å². The summed E-state index contributed by atoms with van der Waals surface area (Å²) >= 11 is 0. The number of aliphatic imine (C=N–C) groups is 1. The molecule has 2 rings (SSSR count). The van der Waals surface area contributed by atoms with E-state index in [9.17, 15) is 0 Å². The molecule has 2 aromatic rings. The molecule has 0 amide bonds. The van der Waals surface area contributed by atoms with Crippen molar-refractivity contribution >= 4 is 5.96 Å². The van der Waals surface area contributed by atoms with Gasteiger partial charge in [0.1, 0.15) is 12.1 Å². The van der Waals surface area contributed by atoms with E-state index in [-0.39, 0.29) is 0 Å². The molecule has 0 bridgehead atoms. The van der Waals surface area contributed by atoms with Crippen molar-refractivity contribution in [2.45, 2.75) is 53.0 Å². The van der Waals surface area contributed by atoms with Crippen molar-refractivity contribution in [1.82, 2.24) is 25.2 Å². The van der Waals surface area contributed by atoms with Crippen LogP contribution >= 0.6 is 0 Å². The van der Waals surface area contributed by atoms with E-state index in [1.54, 1.807) is 12.5 Å². The van der Waals surface area contributed by atoms with Crippen LogP contribution in [0.5, 0.6) is 0 Å². The summed E-state index contributed by atoms with van der Waals surface area (Å²) < 4.78 is 1.90. The standard InChI is InChI=1S/C20H32N6/c1-4-7-8-17(5-2)14-24-20(22-6-3)25-15-18-9-10-23-19(13-18)26-12-11-21-16-26/h9-13,16-17H,4-8,14-15H2,1-3H3,(H2,22,24,25). The van der Waals surface area contributed by atoms with Gasteiger partial charge in [-0.15, -0.1) is 0 Å². The second kappa shape index (κ2) is 11.3. The zero-order valence-electron chi connectivity index (χ0n) is 16.3. The van der Waals surface area contributed by atoms with Crippen molar-refractivity contribution in [3.8, 4) is 5.82 Å². The van der Waals surface area contributed by atoms with Gasteiger partial charge in [-0.1, -0.05) is 33.1 Å². The molecule has 2 heterocycles. The van der Waals surface area contributed by atoms with Crippen LogP contribution in [-0.4, -0.2) is 33.6 Å². The van der Waals surface area contributed by atoms with E-state index in [4.69, 9.17) is 4.99 Å². The smallest absolute Gasteiger partial charge is 0.191 e. The van der Waals surface area contributed by atoms with Gasteiger partial charge in [-0.25, -0.2) is 15.0 Å². The van der Waals surface area contributed by atoms with Gasteiger partial charge in [-0.2, -0.15) is 0 Å². The third-order valence-corrected chi connectivity index (χ3v) is 4.44. The minimum Gasteiger partial charge on any atom is -0.357 e. The van der Waals surface area contributed by atoms with Gasteiger partial charge in [-0.3, -0.25) is 4.57 Å². The topological polar surface area (TPSA) is 67.1 Å². The molecule has 1 atom stereocenters. The summed E-state index contributed by atoms with van der Waals surface area (Å²) in [6.07, 6.45) is 12.2. The first-order valence-electron chi connectivity index (χ1n) is 9.72. The molecule has 26 heavy (non-hydrogen) atoms. The van der Waals surface area contributed by atoms with Crippen molar-refractivity contribution in [1.29, 1.82) is 0 Å². The van der Waals surface area contributed by atoms with Gasteiger partial charge in [-0.05, 0) is 37.0 Å². The number of hydrogen-bond donors (Lipinski definition) is 2. The monoisotopic (exact) mass is 356 g/mol. The normalized spacial score (nSPS) is 12.8. The van der Waals surface area contributed by atoms with E-state index in [1.165, 1.54) is 25.7 Å². The molecule has 0 aromatic carbocycles. The van der Waals surface area contributed by atoms with Gasteiger partial charge >= 0.3 is 0 Å². The van der Waals surface area contributed by atoms with E-state index in [2.05, 4.69) is 41.4 Å². The van der Waals surface area contributed by atoms with Crippen LogP contribution in [0.15, 0.2) is 42.0 Å². The molecule has 0 saturated carbocycles. The van der Waals surface area contributed by atoms with E-state index >= 15 is 0 Å².